The summed E-state index contributed by atoms with van der Waals surface area (Å²) in [5.41, 5.74) is 2.36. The van der Waals surface area contributed by atoms with Gasteiger partial charge in [0.2, 0.25) is 0 Å². The molecule has 1 aromatic heterocycles. The first-order chi connectivity index (χ1) is 9.40. The highest BCUT2D eigenvalue weighted by Gasteiger charge is 2.19. The Labute approximate surface area is 113 Å². The predicted molar refractivity (Wildman–Crippen MR) is 74.9 cm³/mol. The minimum absolute atomic E-state index is 0.563. The summed E-state index contributed by atoms with van der Waals surface area (Å²) in [5, 5.41) is 3.51. The van der Waals surface area contributed by atoms with Gasteiger partial charge >= 0.3 is 0 Å². The minimum atomic E-state index is 0.563. The van der Waals surface area contributed by atoms with Crippen LogP contribution in [0.25, 0.3) is 0 Å². The van der Waals surface area contributed by atoms with E-state index < -0.39 is 0 Å². The summed E-state index contributed by atoms with van der Waals surface area (Å²) in [5.74, 6) is 0.916. The summed E-state index contributed by atoms with van der Waals surface area (Å²) in [4.78, 5) is 4.08. The van der Waals surface area contributed by atoms with Gasteiger partial charge in [0.25, 0.3) is 0 Å². The molecule has 1 aromatic carbocycles. The molecule has 0 unspecified atom stereocenters. The Morgan fingerprint density at radius 1 is 1.16 bits per heavy atom. The molecule has 98 valence electrons. The molecular weight excluding hydrogens is 236 g/mol. The van der Waals surface area contributed by atoms with Gasteiger partial charge in [-0.05, 0) is 36.6 Å². The fourth-order valence-corrected chi connectivity index (χ4v) is 1.95. The molecule has 0 spiro atoms. The van der Waals surface area contributed by atoms with Gasteiger partial charge in [-0.3, -0.25) is 4.98 Å². The zero-order valence-electron chi connectivity index (χ0n) is 10.9. The number of pyridine rings is 1. The number of ether oxygens (including phenoxy) is 1. The summed E-state index contributed by atoms with van der Waals surface area (Å²) in [6.07, 6.45) is 6.24. The summed E-state index contributed by atoms with van der Waals surface area (Å²) >= 11 is 0. The number of hydrogen-bond donors (Lipinski definition) is 1. The highest BCUT2D eigenvalue weighted by Crippen LogP contribution is 2.20. The van der Waals surface area contributed by atoms with Crippen LogP contribution in [-0.4, -0.2) is 11.0 Å². The fraction of sp³-hybridized carbons (Fsp3) is 0.312. The van der Waals surface area contributed by atoms with Crippen LogP contribution >= 0.6 is 0 Å². The molecule has 1 aliphatic carbocycles. The molecule has 19 heavy (non-hydrogen) atoms. The SMILES string of the molecule is c1cncc(COc2cccc(CNC3CC3)c2)c1. The van der Waals surface area contributed by atoms with Crippen molar-refractivity contribution in [3.63, 3.8) is 0 Å². The molecule has 0 bridgehead atoms. The zero-order chi connectivity index (χ0) is 12.9. The Balaban J connectivity index is 1.56. The summed E-state index contributed by atoms with van der Waals surface area (Å²) in [6.45, 7) is 1.49. The van der Waals surface area contributed by atoms with E-state index in [1.165, 1.54) is 18.4 Å². The van der Waals surface area contributed by atoms with Crippen molar-refractivity contribution in [1.82, 2.24) is 10.3 Å². The van der Waals surface area contributed by atoms with Crippen LogP contribution in [0.1, 0.15) is 24.0 Å². The van der Waals surface area contributed by atoms with Crippen LogP contribution in [0, 0.1) is 0 Å². The second-order valence-electron chi connectivity index (χ2n) is 4.95. The quantitative estimate of drug-likeness (QED) is 0.860. The van der Waals surface area contributed by atoms with Gasteiger partial charge in [-0.2, -0.15) is 0 Å². The van der Waals surface area contributed by atoms with Crippen molar-refractivity contribution >= 4 is 0 Å². The molecule has 0 saturated heterocycles. The number of nitrogens with one attached hydrogen (secondary N) is 1. The average molecular weight is 254 g/mol. The lowest BCUT2D eigenvalue weighted by Crippen LogP contribution is -2.15. The standard InChI is InChI=1S/C16H18N2O/c1-3-13(11-18-15-6-7-15)9-16(5-1)19-12-14-4-2-8-17-10-14/h1-5,8-10,15,18H,6-7,11-12H2. The van der Waals surface area contributed by atoms with E-state index in [0.29, 0.717) is 6.61 Å². The van der Waals surface area contributed by atoms with Crippen molar-refractivity contribution < 1.29 is 4.74 Å². The van der Waals surface area contributed by atoms with E-state index in [1.54, 1.807) is 6.20 Å². The summed E-state index contributed by atoms with van der Waals surface area (Å²) < 4.78 is 5.79. The number of rotatable bonds is 6. The average Bonchev–Trinajstić information content (AvgIpc) is 3.29. The molecule has 1 heterocycles. The van der Waals surface area contributed by atoms with E-state index in [2.05, 4.69) is 22.4 Å². The first-order valence-electron chi connectivity index (χ1n) is 6.74. The highest BCUT2D eigenvalue weighted by molar-refractivity contribution is 5.28. The Morgan fingerprint density at radius 2 is 2.05 bits per heavy atom. The molecule has 1 fully saturated rings. The van der Waals surface area contributed by atoms with E-state index in [9.17, 15) is 0 Å². The lowest BCUT2D eigenvalue weighted by molar-refractivity contribution is 0.305. The molecule has 1 aliphatic rings. The Hall–Kier alpha value is -1.87. The van der Waals surface area contributed by atoms with E-state index in [0.717, 1.165) is 23.9 Å². The number of benzene rings is 1. The van der Waals surface area contributed by atoms with Crippen LogP contribution in [0.5, 0.6) is 5.75 Å². The maximum atomic E-state index is 5.79. The molecule has 0 radical (unpaired) electrons. The number of aromatic nitrogens is 1. The topological polar surface area (TPSA) is 34.1 Å². The van der Waals surface area contributed by atoms with Crippen molar-refractivity contribution in [3.8, 4) is 5.75 Å². The second-order valence-corrected chi connectivity index (χ2v) is 4.95. The molecule has 3 nitrogen and oxygen atoms in total. The molecule has 2 aromatic rings. The van der Waals surface area contributed by atoms with Gasteiger partial charge in [0.1, 0.15) is 12.4 Å². The lowest BCUT2D eigenvalue weighted by atomic mass is 10.2. The first-order valence-corrected chi connectivity index (χ1v) is 6.74. The maximum absolute atomic E-state index is 5.79. The minimum Gasteiger partial charge on any atom is -0.489 e. The van der Waals surface area contributed by atoms with Gasteiger partial charge in [0, 0.05) is 30.5 Å². The Bertz CT molecular complexity index is 523. The van der Waals surface area contributed by atoms with Crippen LogP contribution in [0.15, 0.2) is 48.8 Å². The normalized spacial score (nSPS) is 14.3. The predicted octanol–water partition coefficient (Wildman–Crippen LogP) is 2.91. The van der Waals surface area contributed by atoms with Gasteiger partial charge < -0.3 is 10.1 Å². The van der Waals surface area contributed by atoms with Gasteiger partial charge in [0.05, 0.1) is 0 Å². The molecule has 0 aliphatic heterocycles. The second kappa shape index (κ2) is 5.85. The third-order valence-corrected chi connectivity index (χ3v) is 3.20. The third-order valence-electron chi connectivity index (χ3n) is 3.20. The largest absolute Gasteiger partial charge is 0.489 e. The third kappa shape index (κ3) is 3.80. The van der Waals surface area contributed by atoms with E-state index >= 15 is 0 Å². The molecule has 1 saturated carbocycles. The van der Waals surface area contributed by atoms with Crippen molar-refractivity contribution in [3.05, 3.63) is 59.9 Å². The van der Waals surface area contributed by atoms with Crippen molar-refractivity contribution in [1.29, 1.82) is 0 Å². The van der Waals surface area contributed by atoms with Gasteiger partial charge in [0.15, 0.2) is 0 Å². The molecule has 0 amide bonds. The van der Waals surface area contributed by atoms with E-state index in [4.69, 9.17) is 4.74 Å². The van der Waals surface area contributed by atoms with Gasteiger partial charge in [-0.15, -0.1) is 0 Å². The van der Waals surface area contributed by atoms with Crippen LogP contribution in [-0.2, 0) is 13.2 Å². The van der Waals surface area contributed by atoms with Crippen LogP contribution in [0.2, 0.25) is 0 Å². The van der Waals surface area contributed by atoms with E-state index in [1.807, 2.05) is 30.5 Å². The number of hydrogen-bond acceptors (Lipinski definition) is 3. The van der Waals surface area contributed by atoms with Crippen molar-refractivity contribution in [2.45, 2.75) is 32.0 Å². The fourth-order valence-electron chi connectivity index (χ4n) is 1.95. The Morgan fingerprint density at radius 3 is 2.84 bits per heavy atom. The van der Waals surface area contributed by atoms with Crippen molar-refractivity contribution in [2.24, 2.45) is 0 Å². The first kappa shape index (κ1) is 12.2. The highest BCUT2D eigenvalue weighted by atomic mass is 16.5. The number of nitrogens with zero attached hydrogens (tertiary/aromatic N) is 1. The maximum Gasteiger partial charge on any atom is 0.120 e. The van der Waals surface area contributed by atoms with Crippen LogP contribution in [0.3, 0.4) is 0 Å². The summed E-state index contributed by atoms with van der Waals surface area (Å²) in [6, 6.07) is 13.0. The van der Waals surface area contributed by atoms with Crippen LogP contribution in [0.4, 0.5) is 0 Å². The molecular formula is C16H18N2O. The van der Waals surface area contributed by atoms with Gasteiger partial charge in [-0.25, -0.2) is 0 Å². The molecule has 1 N–H and O–H groups in total. The molecule has 3 heteroatoms. The van der Waals surface area contributed by atoms with Gasteiger partial charge in [-0.1, -0.05) is 18.2 Å². The van der Waals surface area contributed by atoms with E-state index in [-0.39, 0.29) is 0 Å². The van der Waals surface area contributed by atoms with Crippen molar-refractivity contribution in [2.75, 3.05) is 0 Å². The molecule has 3 rings (SSSR count). The van der Waals surface area contributed by atoms with Crippen LogP contribution < -0.4 is 10.1 Å². The molecule has 0 atom stereocenters. The summed E-state index contributed by atoms with van der Waals surface area (Å²) in [7, 11) is 0. The Kier molecular flexibility index (Phi) is 3.75. The monoisotopic (exact) mass is 254 g/mol. The smallest absolute Gasteiger partial charge is 0.120 e. The lowest BCUT2D eigenvalue weighted by Gasteiger charge is -2.08. The zero-order valence-corrected chi connectivity index (χ0v) is 10.9.